The molecule has 1 amide bonds. The molecule has 1 aliphatic rings. The first-order valence-corrected chi connectivity index (χ1v) is 7.30. The Balaban J connectivity index is 2.18. The van der Waals surface area contributed by atoms with Gasteiger partial charge < -0.3 is 5.32 Å². The average molecular weight is 292 g/mol. The molecule has 1 N–H and O–H groups in total. The minimum atomic E-state index is -0.739. The van der Waals surface area contributed by atoms with Gasteiger partial charge in [-0.05, 0) is 31.9 Å². The van der Waals surface area contributed by atoms with Crippen molar-refractivity contribution in [1.29, 1.82) is 5.26 Å². The zero-order valence-corrected chi connectivity index (χ0v) is 12.3. The number of rotatable bonds is 2. The normalized spacial score (nSPS) is 17.9. The van der Waals surface area contributed by atoms with Gasteiger partial charge in [-0.3, -0.25) is 4.79 Å². The molecule has 1 aromatic heterocycles. The lowest BCUT2D eigenvalue weighted by Crippen LogP contribution is -2.47. The van der Waals surface area contributed by atoms with Crippen LogP contribution < -0.4 is 5.32 Å². The summed E-state index contributed by atoms with van der Waals surface area (Å²) in [4.78, 5) is 16.4. The molecule has 4 nitrogen and oxygen atoms in total. The van der Waals surface area contributed by atoms with Crippen molar-refractivity contribution in [2.75, 3.05) is 0 Å². The number of halogens is 1. The maximum Gasteiger partial charge on any atom is 0.252 e. The Bertz CT molecular complexity index is 522. The predicted octanol–water partition coefficient (Wildman–Crippen LogP) is 3.39. The second-order valence-electron chi connectivity index (χ2n) is 5.38. The molecular formula is C15H18ClN3O. The fourth-order valence-corrected chi connectivity index (χ4v) is 2.90. The number of aryl methyl sites for hydroxylation is 1. The zero-order chi connectivity index (χ0) is 14.6. The van der Waals surface area contributed by atoms with Crippen LogP contribution in [0.1, 0.15) is 54.6 Å². The van der Waals surface area contributed by atoms with Crippen LogP contribution >= 0.6 is 11.6 Å². The highest BCUT2D eigenvalue weighted by Crippen LogP contribution is 2.27. The molecule has 1 aromatic rings. The van der Waals surface area contributed by atoms with Gasteiger partial charge in [0, 0.05) is 11.3 Å². The smallest absolute Gasteiger partial charge is 0.252 e. The van der Waals surface area contributed by atoms with E-state index in [0.29, 0.717) is 29.3 Å². The van der Waals surface area contributed by atoms with Gasteiger partial charge in [0.25, 0.3) is 5.91 Å². The van der Waals surface area contributed by atoms with Crippen LogP contribution in [0.4, 0.5) is 0 Å². The Morgan fingerprint density at radius 2 is 2.00 bits per heavy atom. The number of carbonyl (C=O) groups is 1. The Morgan fingerprint density at radius 1 is 1.35 bits per heavy atom. The van der Waals surface area contributed by atoms with Gasteiger partial charge in [-0.2, -0.15) is 5.26 Å². The third kappa shape index (κ3) is 3.49. The highest BCUT2D eigenvalue weighted by atomic mass is 35.5. The van der Waals surface area contributed by atoms with E-state index in [9.17, 15) is 10.1 Å². The molecule has 0 aromatic carbocycles. The van der Waals surface area contributed by atoms with E-state index in [1.165, 1.54) is 6.07 Å². The number of pyridine rings is 1. The van der Waals surface area contributed by atoms with Crippen LogP contribution in [0.15, 0.2) is 12.1 Å². The van der Waals surface area contributed by atoms with Crippen LogP contribution in [0.25, 0.3) is 0 Å². The van der Waals surface area contributed by atoms with Gasteiger partial charge in [0.1, 0.15) is 10.7 Å². The number of nitriles is 1. The Labute approximate surface area is 124 Å². The van der Waals surface area contributed by atoms with Crippen molar-refractivity contribution < 1.29 is 4.79 Å². The number of aromatic nitrogens is 1. The molecule has 0 unspecified atom stereocenters. The molecule has 106 valence electrons. The van der Waals surface area contributed by atoms with E-state index in [1.54, 1.807) is 13.0 Å². The van der Waals surface area contributed by atoms with Crippen molar-refractivity contribution in [2.24, 2.45) is 0 Å². The van der Waals surface area contributed by atoms with Crippen LogP contribution in [0.2, 0.25) is 5.15 Å². The molecule has 5 heteroatoms. The van der Waals surface area contributed by atoms with Gasteiger partial charge in [0.15, 0.2) is 0 Å². The van der Waals surface area contributed by atoms with E-state index in [-0.39, 0.29) is 5.91 Å². The molecule has 20 heavy (non-hydrogen) atoms. The van der Waals surface area contributed by atoms with Crippen molar-refractivity contribution in [1.82, 2.24) is 10.3 Å². The largest absolute Gasteiger partial charge is 0.334 e. The highest BCUT2D eigenvalue weighted by molar-refractivity contribution is 6.29. The number of hydrogen-bond acceptors (Lipinski definition) is 3. The van der Waals surface area contributed by atoms with Crippen molar-refractivity contribution in [3.05, 3.63) is 28.5 Å². The van der Waals surface area contributed by atoms with Gasteiger partial charge in [0.2, 0.25) is 0 Å². The lowest BCUT2D eigenvalue weighted by atomic mass is 9.91. The molecule has 0 spiro atoms. The molecule has 1 heterocycles. The lowest BCUT2D eigenvalue weighted by molar-refractivity contribution is 0.0912. The van der Waals surface area contributed by atoms with E-state index in [4.69, 9.17) is 11.6 Å². The summed E-state index contributed by atoms with van der Waals surface area (Å²) in [6, 6.07) is 5.52. The molecule has 0 radical (unpaired) electrons. The first-order valence-electron chi connectivity index (χ1n) is 6.93. The standard InChI is InChI=1S/C15H18ClN3O/c1-11-8-12(9-13(16)18-11)14(20)19-15(10-17)6-4-2-3-5-7-15/h8-9H,2-7H2,1H3,(H,19,20). The van der Waals surface area contributed by atoms with Gasteiger partial charge in [0.05, 0.1) is 6.07 Å². The summed E-state index contributed by atoms with van der Waals surface area (Å²) in [5.74, 6) is -0.249. The van der Waals surface area contributed by atoms with Crippen molar-refractivity contribution in [3.8, 4) is 6.07 Å². The molecule has 0 bridgehead atoms. The Hall–Kier alpha value is -1.60. The summed E-state index contributed by atoms with van der Waals surface area (Å²) < 4.78 is 0. The van der Waals surface area contributed by atoms with Gasteiger partial charge in [-0.1, -0.05) is 37.3 Å². The third-order valence-electron chi connectivity index (χ3n) is 3.71. The van der Waals surface area contributed by atoms with Crippen LogP contribution in [0.5, 0.6) is 0 Å². The van der Waals surface area contributed by atoms with Crippen LogP contribution in [-0.2, 0) is 0 Å². The Kier molecular flexibility index (Phi) is 4.61. The van der Waals surface area contributed by atoms with Gasteiger partial charge in [-0.25, -0.2) is 4.98 Å². The summed E-state index contributed by atoms with van der Waals surface area (Å²) in [7, 11) is 0. The quantitative estimate of drug-likeness (QED) is 0.671. The maximum atomic E-state index is 12.3. The number of hydrogen-bond donors (Lipinski definition) is 1. The van der Waals surface area contributed by atoms with E-state index >= 15 is 0 Å². The molecule has 2 rings (SSSR count). The topological polar surface area (TPSA) is 65.8 Å². The maximum absolute atomic E-state index is 12.3. The fourth-order valence-electron chi connectivity index (χ4n) is 2.65. The number of nitrogens with one attached hydrogen (secondary N) is 1. The van der Waals surface area contributed by atoms with Crippen LogP contribution in [-0.4, -0.2) is 16.4 Å². The van der Waals surface area contributed by atoms with Crippen molar-refractivity contribution in [3.63, 3.8) is 0 Å². The minimum absolute atomic E-state index is 0.249. The summed E-state index contributed by atoms with van der Waals surface area (Å²) in [5.41, 5.74) is 0.410. The average Bonchev–Trinajstić information content (AvgIpc) is 2.64. The molecular weight excluding hydrogens is 274 g/mol. The summed E-state index contributed by atoms with van der Waals surface area (Å²) >= 11 is 5.88. The minimum Gasteiger partial charge on any atom is -0.334 e. The molecule has 1 saturated carbocycles. The first-order chi connectivity index (χ1) is 9.54. The molecule has 1 aliphatic carbocycles. The van der Waals surface area contributed by atoms with E-state index < -0.39 is 5.54 Å². The number of nitrogens with zero attached hydrogens (tertiary/aromatic N) is 2. The van der Waals surface area contributed by atoms with E-state index in [1.807, 2.05) is 0 Å². The molecule has 0 atom stereocenters. The zero-order valence-electron chi connectivity index (χ0n) is 11.6. The van der Waals surface area contributed by atoms with E-state index in [0.717, 1.165) is 25.7 Å². The number of carbonyl (C=O) groups excluding carboxylic acids is 1. The second-order valence-corrected chi connectivity index (χ2v) is 5.77. The van der Waals surface area contributed by atoms with Gasteiger partial charge in [-0.15, -0.1) is 0 Å². The summed E-state index contributed by atoms with van der Waals surface area (Å²) in [6.45, 7) is 1.79. The number of amides is 1. The van der Waals surface area contributed by atoms with Crippen LogP contribution in [0, 0.1) is 18.3 Å². The molecule has 1 fully saturated rings. The lowest BCUT2D eigenvalue weighted by Gasteiger charge is -2.26. The van der Waals surface area contributed by atoms with Gasteiger partial charge >= 0.3 is 0 Å². The fraction of sp³-hybridized carbons (Fsp3) is 0.533. The third-order valence-corrected chi connectivity index (χ3v) is 3.90. The SMILES string of the molecule is Cc1cc(C(=O)NC2(C#N)CCCCCC2)cc(Cl)n1. The Morgan fingerprint density at radius 3 is 2.55 bits per heavy atom. The second kappa shape index (κ2) is 6.23. The molecule has 0 aliphatic heterocycles. The predicted molar refractivity (Wildman–Crippen MR) is 77.5 cm³/mol. The van der Waals surface area contributed by atoms with E-state index in [2.05, 4.69) is 16.4 Å². The highest BCUT2D eigenvalue weighted by Gasteiger charge is 2.32. The first kappa shape index (κ1) is 14.8. The molecule has 0 saturated heterocycles. The van der Waals surface area contributed by atoms with Crippen LogP contribution in [0.3, 0.4) is 0 Å². The summed E-state index contributed by atoms with van der Waals surface area (Å²) in [5, 5.41) is 12.7. The van der Waals surface area contributed by atoms with Crippen molar-refractivity contribution in [2.45, 2.75) is 51.0 Å². The van der Waals surface area contributed by atoms with Crippen molar-refractivity contribution >= 4 is 17.5 Å². The summed E-state index contributed by atoms with van der Waals surface area (Å²) in [6.07, 6.45) is 5.63. The monoisotopic (exact) mass is 291 g/mol.